The van der Waals surface area contributed by atoms with E-state index >= 15 is 0 Å². The number of benzene rings is 2. The molecule has 0 spiro atoms. The highest BCUT2D eigenvalue weighted by molar-refractivity contribution is 7.15. The van der Waals surface area contributed by atoms with Crippen molar-refractivity contribution in [2.75, 3.05) is 10.4 Å². The number of aromatic nitrogens is 2. The van der Waals surface area contributed by atoms with E-state index in [1.165, 1.54) is 27.7 Å². The molecule has 1 aliphatic heterocycles. The number of anilines is 2. The van der Waals surface area contributed by atoms with Gasteiger partial charge in [0, 0.05) is 21.4 Å². The van der Waals surface area contributed by atoms with E-state index < -0.39 is 11.9 Å². The van der Waals surface area contributed by atoms with Crippen LogP contribution in [0.1, 0.15) is 16.1 Å². The maximum absolute atomic E-state index is 13.4. The van der Waals surface area contributed by atoms with Crippen LogP contribution >= 0.6 is 22.7 Å². The summed E-state index contributed by atoms with van der Waals surface area (Å²) in [5, 5.41) is 21.9. The van der Waals surface area contributed by atoms with Crippen molar-refractivity contribution in [3.8, 4) is 11.3 Å². The number of carboxylic acids is 1. The van der Waals surface area contributed by atoms with Gasteiger partial charge in [-0.25, -0.2) is 9.97 Å². The van der Waals surface area contributed by atoms with Gasteiger partial charge < -0.3 is 5.11 Å². The van der Waals surface area contributed by atoms with E-state index in [9.17, 15) is 9.59 Å². The van der Waals surface area contributed by atoms with Gasteiger partial charge in [-0.1, -0.05) is 60.7 Å². The zero-order chi connectivity index (χ0) is 24.4. The molecule has 174 valence electrons. The van der Waals surface area contributed by atoms with Crippen LogP contribution < -0.4 is 10.4 Å². The fourth-order valence-electron chi connectivity index (χ4n) is 3.41. The molecular weight excluding hydrogens is 484 g/mol. The molecule has 5 rings (SSSR count). The zero-order valence-electron chi connectivity index (χ0n) is 18.4. The molecule has 2 aromatic heterocycles. The Morgan fingerprint density at radius 1 is 1.06 bits per heavy atom. The average molecular weight is 503 g/mol. The minimum Gasteiger partial charge on any atom is -0.481 e. The van der Waals surface area contributed by atoms with Gasteiger partial charge in [0.2, 0.25) is 10.3 Å². The summed E-state index contributed by atoms with van der Waals surface area (Å²) < 4.78 is 0. The third kappa shape index (κ3) is 4.72. The minimum atomic E-state index is -0.963. The molecule has 0 radical (unpaired) electrons. The lowest BCUT2D eigenvalue weighted by atomic mass is 10.1. The molecule has 11 heteroatoms. The number of carbonyl (C=O) groups is 2. The van der Waals surface area contributed by atoms with Gasteiger partial charge in [0.25, 0.3) is 0 Å². The minimum absolute atomic E-state index is 0.111. The first-order valence-corrected chi connectivity index (χ1v) is 12.2. The van der Waals surface area contributed by atoms with Crippen LogP contribution in [0.5, 0.6) is 0 Å². The van der Waals surface area contributed by atoms with Gasteiger partial charge >= 0.3 is 11.9 Å². The number of hydrazone groups is 2. The van der Waals surface area contributed by atoms with Crippen molar-refractivity contribution in [2.45, 2.75) is 13.3 Å². The lowest BCUT2D eigenvalue weighted by Gasteiger charge is -2.06. The third-order valence-electron chi connectivity index (χ3n) is 5.08. The Balaban J connectivity index is 1.47. The summed E-state index contributed by atoms with van der Waals surface area (Å²) in [6.07, 6.45) is -0.183. The number of rotatable bonds is 7. The van der Waals surface area contributed by atoms with Gasteiger partial charge in [-0.2, -0.15) is 15.2 Å². The van der Waals surface area contributed by atoms with Crippen LogP contribution in [0.25, 0.3) is 11.3 Å². The quantitative estimate of drug-likeness (QED) is 0.361. The van der Waals surface area contributed by atoms with Crippen LogP contribution in [-0.4, -0.2) is 38.4 Å². The number of hydrogen-bond acceptors (Lipinski definition) is 9. The van der Waals surface area contributed by atoms with E-state index in [0.29, 0.717) is 21.7 Å². The Labute approximate surface area is 208 Å². The van der Waals surface area contributed by atoms with E-state index in [4.69, 9.17) is 5.11 Å². The van der Waals surface area contributed by atoms with E-state index in [1.54, 1.807) is 6.92 Å². The molecule has 3 heterocycles. The van der Waals surface area contributed by atoms with Crippen LogP contribution in [0.2, 0.25) is 0 Å². The molecule has 1 amide bonds. The highest BCUT2D eigenvalue weighted by Gasteiger charge is 2.36. The molecule has 0 aliphatic carbocycles. The van der Waals surface area contributed by atoms with Crippen LogP contribution in [0, 0.1) is 6.92 Å². The normalized spacial score (nSPS) is 14.4. The van der Waals surface area contributed by atoms with Gasteiger partial charge in [0.1, 0.15) is 5.71 Å². The van der Waals surface area contributed by atoms with Crippen LogP contribution in [-0.2, 0) is 16.0 Å². The molecule has 9 nitrogen and oxygen atoms in total. The molecule has 0 unspecified atom stereocenters. The fraction of sp³-hybridized carbons (Fsp3) is 0.0833. The summed E-state index contributed by atoms with van der Waals surface area (Å²) in [6, 6.07) is 19.0. The van der Waals surface area contributed by atoms with Crippen molar-refractivity contribution in [3.05, 3.63) is 82.2 Å². The SMILES string of the molecule is Cc1sc(N/N=C2\C(=O)N(c3nc(-c4ccccc4)cs3)N=C2c2ccccc2)nc1CC(=O)O. The number of hydrogen-bond donors (Lipinski definition) is 2. The number of aliphatic carboxylic acids is 1. The lowest BCUT2D eigenvalue weighted by molar-refractivity contribution is -0.136. The smallest absolute Gasteiger partial charge is 0.309 e. The number of carboxylic acid groups (broad SMARTS) is 1. The molecule has 0 bridgehead atoms. The van der Waals surface area contributed by atoms with E-state index in [-0.39, 0.29) is 12.1 Å². The number of aryl methyl sites for hydroxylation is 1. The largest absolute Gasteiger partial charge is 0.481 e. The average Bonchev–Trinajstić information content (AvgIpc) is 3.56. The summed E-state index contributed by atoms with van der Waals surface area (Å²) >= 11 is 2.58. The maximum Gasteiger partial charge on any atom is 0.309 e. The van der Waals surface area contributed by atoms with Gasteiger partial charge in [-0.05, 0) is 6.92 Å². The molecule has 4 aromatic rings. The maximum atomic E-state index is 13.4. The van der Waals surface area contributed by atoms with Crippen LogP contribution in [0.4, 0.5) is 10.3 Å². The number of thiazole rings is 2. The molecule has 2 aromatic carbocycles. The number of carbonyl (C=O) groups excluding carboxylic acids is 1. The van der Waals surface area contributed by atoms with E-state index in [1.807, 2.05) is 66.0 Å². The highest BCUT2D eigenvalue weighted by Crippen LogP contribution is 2.30. The van der Waals surface area contributed by atoms with Gasteiger partial charge in [0.05, 0.1) is 17.8 Å². The zero-order valence-corrected chi connectivity index (χ0v) is 20.0. The Hall–Kier alpha value is -4.22. The summed E-state index contributed by atoms with van der Waals surface area (Å²) in [5.41, 5.74) is 6.21. The first-order valence-electron chi connectivity index (χ1n) is 10.5. The predicted octanol–water partition coefficient (Wildman–Crippen LogP) is 4.42. The topological polar surface area (TPSA) is 120 Å². The fourth-order valence-corrected chi connectivity index (χ4v) is 4.96. The third-order valence-corrected chi connectivity index (χ3v) is 6.82. The van der Waals surface area contributed by atoms with Crippen molar-refractivity contribution in [1.29, 1.82) is 0 Å². The molecular formula is C24H18N6O3S2. The van der Waals surface area contributed by atoms with E-state index in [2.05, 4.69) is 25.6 Å². The van der Waals surface area contributed by atoms with Crippen molar-refractivity contribution in [3.63, 3.8) is 0 Å². The monoisotopic (exact) mass is 502 g/mol. The number of amides is 1. The first-order chi connectivity index (χ1) is 17.0. The van der Waals surface area contributed by atoms with Crippen LogP contribution in [0.3, 0.4) is 0 Å². The second-order valence-electron chi connectivity index (χ2n) is 7.48. The van der Waals surface area contributed by atoms with Crippen molar-refractivity contribution < 1.29 is 14.7 Å². The second-order valence-corrected chi connectivity index (χ2v) is 9.52. The Kier molecular flexibility index (Phi) is 6.17. The Bertz CT molecular complexity index is 1460. The molecule has 35 heavy (non-hydrogen) atoms. The van der Waals surface area contributed by atoms with Gasteiger partial charge in [-0.15, -0.1) is 22.7 Å². The van der Waals surface area contributed by atoms with Crippen molar-refractivity contribution >= 4 is 56.2 Å². The molecule has 0 fully saturated rings. The van der Waals surface area contributed by atoms with E-state index in [0.717, 1.165) is 21.7 Å². The lowest BCUT2D eigenvalue weighted by Crippen LogP contribution is -2.28. The first kappa shape index (κ1) is 22.6. The summed E-state index contributed by atoms with van der Waals surface area (Å²) in [7, 11) is 0. The molecule has 1 aliphatic rings. The molecule has 0 saturated heterocycles. The van der Waals surface area contributed by atoms with Crippen LogP contribution in [0.15, 0.2) is 76.2 Å². The summed E-state index contributed by atoms with van der Waals surface area (Å²) in [5.74, 6) is -1.39. The molecule has 0 atom stereocenters. The highest BCUT2D eigenvalue weighted by atomic mass is 32.1. The molecule has 0 saturated carbocycles. The summed E-state index contributed by atoms with van der Waals surface area (Å²) in [6.45, 7) is 1.79. The second kappa shape index (κ2) is 9.57. The predicted molar refractivity (Wildman–Crippen MR) is 137 cm³/mol. The number of nitrogens with one attached hydrogen (secondary N) is 1. The van der Waals surface area contributed by atoms with Crippen molar-refractivity contribution in [1.82, 2.24) is 9.97 Å². The van der Waals surface area contributed by atoms with Gasteiger partial charge in [0.15, 0.2) is 5.71 Å². The van der Waals surface area contributed by atoms with Crippen molar-refractivity contribution in [2.24, 2.45) is 10.2 Å². The Morgan fingerprint density at radius 3 is 2.43 bits per heavy atom. The van der Waals surface area contributed by atoms with Gasteiger partial charge in [-0.3, -0.25) is 15.0 Å². The standard InChI is InChI=1S/C24H18N6O3S2/c1-14-17(12-19(31)32)25-23(35-14)28-27-21-20(16-10-6-3-7-11-16)29-30(22(21)33)24-26-18(13-34-24)15-8-4-2-5-9-15/h2-11,13H,12H2,1H3,(H,25,28)(H,31,32)/b27-21-. The molecule has 2 N–H and O–H groups in total. The Morgan fingerprint density at radius 2 is 1.74 bits per heavy atom. The summed E-state index contributed by atoms with van der Waals surface area (Å²) in [4.78, 5) is 34.1. The number of nitrogens with zero attached hydrogens (tertiary/aromatic N) is 5.